The number of nitrogens with one attached hydrogen (secondary N) is 3. The first-order chi connectivity index (χ1) is 13.9. The number of carbonyl (C=O) groups excluding carboxylic acids is 1. The van der Waals surface area contributed by atoms with E-state index in [1.807, 2.05) is 30.3 Å². The van der Waals surface area contributed by atoms with Crippen LogP contribution in [0.25, 0.3) is 11.1 Å². The highest BCUT2D eigenvalue weighted by Crippen LogP contribution is 2.26. The maximum Gasteiger partial charge on any atom is 0.245 e. The van der Waals surface area contributed by atoms with Crippen LogP contribution in [0.4, 0.5) is 10.1 Å². The van der Waals surface area contributed by atoms with Crippen molar-refractivity contribution in [1.29, 1.82) is 0 Å². The third kappa shape index (κ3) is 5.53. The molecule has 0 saturated carbocycles. The first-order valence-corrected chi connectivity index (χ1v) is 9.70. The van der Waals surface area contributed by atoms with Gasteiger partial charge < -0.3 is 5.32 Å². The summed E-state index contributed by atoms with van der Waals surface area (Å²) in [6.45, 7) is 1.70. The van der Waals surface area contributed by atoms with Crippen LogP contribution in [0, 0.1) is 5.82 Å². The van der Waals surface area contributed by atoms with Gasteiger partial charge >= 0.3 is 0 Å². The standard InChI is InChI=1S/C22H19ClFN3OS/c1-14(16-7-12-19(20(24)13-16)15-5-3-2-4-6-15)21(28)26-27-22(29)25-18-10-8-17(23)9-11-18/h2-14H,1H3,(H,26,28)(H2,25,27,29). The van der Waals surface area contributed by atoms with E-state index >= 15 is 0 Å². The molecule has 3 N–H and O–H groups in total. The van der Waals surface area contributed by atoms with Crippen LogP contribution in [0.3, 0.4) is 0 Å². The predicted molar refractivity (Wildman–Crippen MR) is 119 cm³/mol. The van der Waals surface area contributed by atoms with Gasteiger partial charge in [-0.1, -0.05) is 54.1 Å². The summed E-state index contributed by atoms with van der Waals surface area (Å²) in [4.78, 5) is 12.4. The molecular weight excluding hydrogens is 409 g/mol. The highest BCUT2D eigenvalue weighted by Gasteiger charge is 2.17. The van der Waals surface area contributed by atoms with E-state index < -0.39 is 5.92 Å². The Hall–Kier alpha value is -2.96. The Morgan fingerprint density at radius 1 is 1.00 bits per heavy atom. The largest absolute Gasteiger partial charge is 0.331 e. The number of thiocarbonyl (C=S) groups is 1. The minimum atomic E-state index is -0.569. The first-order valence-electron chi connectivity index (χ1n) is 8.91. The van der Waals surface area contributed by atoms with Crippen LogP contribution < -0.4 is 16.2 Å². The number of hydrogen-bond donors (Lipinski definition) is 3. The fraction of sp³-hybridized carbons (Fsp3) is 0.0909. The molecule has 4 nitrogen and oxygen atoms in total. The van der Waals surface area contributed by atoms with Crippen molar-refractivity contribution in [3.63, 3.8) is 0 Å². The molecule has 1 unspecified atom stereocenters. The second-order valence-corrected chi connectivity index (χ2v) is 7.25. The van der Waals surface area contributed by atoms with E-state index in [2.05, 4.69) is 16.2 Å². The average Bonchev–Trinajstić information content (AvgIpc) is 2.73. The molecule has 0 saturated heterocycles. The molecule has 1 atom stereocenters. The molecule has 7 heteroatoms. The molecule has 0 spiro atoms. The lowest BCUT2D eigenvalue weighted by Crippen LogP contribution is -2.45. The van der Waals surface area contributed by atoms with Gasteiger partial charge in [0, 0.05) is 16.3 Å². The maximum absolute atomic E-state index is 14.6. The van der Waals surface area contributed by atoms with Gasteiger partial charge in [0.25, 0.3) is 0 Å². The van der Waals surface area contributed by atoms with Gasteiger partial charge in [-0.2, -0.15) is 0 Å². The van der Waals surface area contributed by atoms with Gasteiger partial charge in [-0.15, -0.1) is 0 Å². The molecule has 0 aliphatic heterocycles. The van der Waals surface area contributed by atoms with E-state index in [9.17, 15) is 9.18 Å². The molecule has 3 rings (SSSR count). The molecule has 0 heterocycles. The van der Waals surface area contributed by atoms with Crippen molar-refractivity contribution in [2.24, 2.45) is 0 Å². The Morgan fingerprint density at radius 2 is 1.69 bits per heavy atom. The summed E-state index contributed by atoms with van der Waals surface area (Å²) in [5.41, 5.74) is 7.76. The van der Waals surface area contributed by atoms with Crippen LogP contribution in [0.5, 0.6) is 0 Å². The van der Waals surface area contributed by atoms with E-state index in [1.165, 1.54) is 6.07 Å². The third-order valence-electron chi connectivity index (χ3n) is 4.37. The Morgan fingerprint density at radius 3 is 2.34 bits per heavy atom. The quantitative estimate of drug-likeness (QED) is 0.392. The summed E-state index contributed by atoms with van der Waals surface area (Å²) in [5.74, 6) is -1.28. The van der Waals surface area contributed by atoms with Crippen LogP contribution in [0.1, 0.15) is 18.4 Å². The minimum absolute atomic E-state index is 0.221. The number of anilines is 1. The zero-order valence-corrected chi connectivity index (χ0v) is 17.2. The number of hydrazine groups is 1. The molecule has 1 amide bonds. The number of amides is 1. The van der Waals surface area contributed by atoms with Gasteiger partial charge in [0.05, 0.1) is 5.92 Å². The Labute approximate surface area is 179 Å². The summed E-state index contributed by atoms with van der Waals surface area (Å²) in [5, 5.41) is 3.76. The van der Waals surface area contributed by atoms with Crippen molar-refractivity contribution in [2.45, 2.75) is 12.8 Å². The summed E-state index contributed by atoms with van der Waals surface area (Å²) in [6, 6.07) is 21.1. The molecule has 29 heavy (non-hydrogen) atoms. The fourth-order valence-electron chi connectivity index (χ4n) is 2.73. The van der Waals surface area contributed by atoms with E-state index in [0.29, 0.717) is 16.1 Å². The molecule has 0 aromatic heterocycles. The average molecular weight is 428 g/mol. The zero-order chi connectivity index (χ0) is 20.8. The van der Waals surface area contributed by atoms with Crippen LogP contribution >= 0.6 is 23.8 Å². The molecule has 148 valence electrons. The smallest absolute Gasteiger partial charge is 0.245 e. The van der Waals surface area contributed by atoms with E-state index in [0.717, 1.165) is 11.3 Å². The number of hydrogen-bond acceptors (Lipinski definition) is 2. The monoisotopic (exact) mass is 427 g/mol. The Kier molecular flexibility index (Phi) is 6.80. The highest BCUT2D eigenvalue weighted by atomic mass is 35.5. The molecule has 0 fully saturated rings. The van der Waals surface area contributed by atoms with Gasteiger partial charge in [0.2, 0.25) is 5.91 Å². The van der Waals surface area contributed by atoms with Crippen LogP contribution in [-0.4, -0.2) is 11.0 Å². The topological polar surface area (TPSA) is 53.2 Å². The van der Waals surface area contributed by atoms with E-state index in [-0.39, 0.29) is 16.8 Å². The van der Waals surface area contributed by atoms with Crippen molar-refractivity contribution in [3.05, 3.63) is 89.2 Å². The number of rotatable bonds is 4. The van der Waals surface area contributed by atoms with Crippen LogP contribution in [0.2, 0.25) is 5.02 Å². The lowest BCUT2D eigenvalue weighted by atomic mass is 9.96. The number of halogens is 2. The van der Waals surface area contributed by atoms with Crippen LogP contribution in [-0.2, 0) is 4.79 Å². The van der Waals surface area contributed by atoms with Gasteiger partial charge in [0.15, 0.2) is 5.11 Å². The lowest BCUT2D eigenvalue weighted by Gasteiger charge is -2.16. The van der Waals surface area contributed by atoms with E-state index in [1.54, 1.807) is 43.3 Å². The second kappa shape index (κ2) is 9.49. The number of carbonyl (C=O) groups is 1. The summed E-state index contributed by atoms with van der Waals surface area (Å²) < 4.78 is 14.6. The highest BCUT2D eigenvalue weighted by molar-refractivity contribution is 7.80. The van der Waals surface area contributed by atoms with Crippen molar-refractivity contribution in [2.75, 3.05) is 5.32 Å². The van der Waals surface area contributed by atoms with Crippen LogP contribution in [0.15, 0.2) is 72.8 Å². The maximum atomic E-state index is 14.6. The summed E-state index contributed by atoms with van der Waals surface area (Å²) in [7, 11) is 0. The first kappa shape index (κ1) is 20.8. The van der Waals surface area contributed by atoms with Gasteiger partial charge in [0.1, 0.15) is 5.82 Å². The molecule has 0 bridgehead atoms. The Bertz CT molecular complexity index is 1010. The summed E-state index contributed by atoms with van der Waals surface area (Å²) in [6.07, 6.45) is 0. The molecule has 3 aromatic carbocycles. The van der Waals surface area contributed by atoms with Crippen molar-refractivity contribution < 1.29 is 9.18 Å². The fourth-order valence-corrected chi connectivity index (χ4v) is 3.02. The molecule has 0 radical (unpaired) electrons. The molecule has 0 aliphatic rings. The van der Waals surface area contributed by atoms with Crippen molar-refractivity contribution in [1.82, 2.24) is 10.9 Å². The van der Waals surface area contributed by atoms with Crippen molar-refractivity contribution in [3.8, 4) is 11.1 Å². The van der Waals surface area contributed by atoms with E-state index in [4.69, 9.17) is 23.8 Å². The SMILES string of the molecule is CC(C(=O)NNC(=S)Nc1ccc(Cl)cc1)c1ccc(-c2ccccc2)c(F)c1. The zero-order valence-electron chi connectivity index (χ0n) is 15.6. The molecular formula is C22H19ClFN3OS. The van der Waals surface area contributed by atoms with Crippen molar-refractivity contribution >= 4 is 40.5 Å². The third-order valence-corrected chi connectivity index (χ3v) is 4.83. The lowest BCUT2D eigenvalue weighted by molar-refractivity contribution is -0.122. The molecule has 0 aliphatic carbocycles. The van der Waals surface area contributed by atoms with Gasteiger partial charge in [-0.25, -0.2) is 4.39 Å². The predicted octanol–water partition coefficient (Wildman–Crippen LogP) is 5.27. The molecule has 3 aromatic rings. The van der Waals surface area contributed by atoms with Gasteiger partial charge in [-0.05, 0) is 60.6 Å². The summed E-state index contributed by atoms with van der Waals surface area (Å²) >= 11 is 11.0. The minimum Gasteiger partial charge on any atom is -0.331 e. The Balaban J connectivity index is 1.59. The normalized spacial score (nSPS) is 11.4. The number of benzene rings is 3. The van der Waals surface area contributed by atoms with Gasteiger partial charge in [-0.3, -0.25) is 15.6 Å². The second-order valence-electron chi connectivity index (χ2n) is 6.40.